The maximum absolute atomic E-state index is 0. The van der Waals surface area contributed by atoms with Gasteiger partial charge in [0, 0.05) is 0 Å². The van der Waals surface area contributed by atoms with E-state index in [1.54, 1.807) is 0 Å². The van der Waals surface area contributed by atoms with Crippen molar-refractivity contribution in [1.29, 1.82) is 0 Å². The predicted molar refractivity (Wildman–Crippen MR) is 28.8 cm³/mol. The van der Waals surface area contributed by atoms with E-state index in [-0.39, 0.29) is 53.3 Å². The highest BCUT2D eigenvalue weighted by Gasteiger charge is 0.316. The van der Waals surface area contributed by atoms with Gasteiger partial charge in [-0.15, -0.1) is 0 Å². The summed E-state index contributed by atoms with van der Waals surface area (Å²) in [4.78, 5) is 0. The Balaban J connectivity index is 0. The lowest BCUT2D eigenvalue weighted by Crippen LogP contribution is -0.382. The first-order valence-electron chi connectivity index (χ1n) is 0. The first-order valence-corrected chi connectivity index (χ1v) is 0. The zero-order valence-electron chi connectivity index (χ0n) is 0.500. The van der Waals surface area contributed by atoms with Crippen LogP contribution in [0.3, 0.4) is 0 Å². The van der Waals surface area contributed by atoms with E-state index in [1.165, 1.54) is 0 Å². The largest absolute Gasteiger partial charge is 0.412 e. The highest BCUT2D eigenvalue weighted by atomic mass is 27.0. The van der Waals surface area contributed by atoms with Crippen LogP contribution >= 0.6 is 0 Å². The van der Waals surface area contributed by atoms with E-state index in [0.717, 1.165) is 0 Å². The van der Waals surface area contributed by atoms with Crippen molar-refractivity contribution in [3.63, 3.8) is 0 Å². The zero-order valence-corrected chi connectivity index (χ0v) is 0.500. The molecule has 0 fully saturated rings. The molecular formula is CH11AlMgO. The van der Waals surface area contributed by atoms with Gasteiger partial charge in [0.1, 0.15) is 0 Å². The molecule has 4 heavy (non-hydrogen) atoms. The first kappa shape index (κ1) is 60.2. The lowest BCUT2D eigenvalue weighted by Gasteiger charge is -0.412. The van der Waals surface area contributed by atoms with Crippen LogP contribution in [-0.2, 0) is 0 Å². The van der Waals surface area contributed by atoms with E-state index in [2.05, 4.69) is 0 Å². The normalized spacial score (nSPS) is 0. The second kappa shape index (κ2) is 28.5. The second-order valence-electron chi connectivity index (χ2n) is 0. The van der Waals surface area contributed by atoms with E-state index < -0.39 is 0 Å². The molecular weight excluding hydrogens is 79.3 g/mol. The van der Waals surface area contributed by atoms with Crippen molar-refractivity contribution in [2.45, 2.75) is 7.43 Å². The fraction of sp³-hybridized carbons (Fsp3) is 1.00. The first-order chi connectivity index (χ1) is 0. The van der Waals surface area contributed by atoms with Crippen molar-refractivity contribution in [2.75, 3.05) is 0 Å². The van der Waals surface area contributed by atoms with Crippen molar-refractivity contribution in [3.05, 3.63) is 0 Å². The topological polar surface area (TPSA) is 31.5 Å². The lowest BCUT2D eigenvalue weighted by atomic mass is 12.0. The molecule has 0 aliphatic heterocycles. The van der Waals surface area contributed by atoms with Crippen LogP contribution in [0.25, 0.3) is 0 Å². The molecule has 0 spiro atoms. The van der Waals surface area contributed by atoms with Crippen LogP contribution in [0.15, 0.2) is 0 Å². The minimum absolute atomic E-state index is 0. The molecule has 0 aliphatic carbocycles. The van der Waals surface area contributed by atoms with Gasteiger partial charge < -0.3 is 5.48 Å². The van der Waals surface area contributed by atoms with Crippen LogP contribution in [0, 0.1) is 0 Å². The van der Waals surface area contributed by atoms with Gasteiger partial charge >= 0.3 is 23.1 Å². The minimum atomic E-state index is 0. The number of hydrogen-bond donors (Lipinski definition) is 0. The van der Waals surface area contributed by atoms with Gasteiger partial charge in [-0.1, -0.05) is 7.43 Å². The molecule has 2 N–H and O–H groups in total. The van der Waals surface area contributed by atoms with Crippen LogP contribution in [0.4, 0.5) is 0 Å². The minimum Gasteiger partial charge on any atom is -0.412 e. The molecule has 0 aromatic heterocycles. The van der Waals surface area contributed by atoms with Crippen molar-refractivity contribution in [2.24, 2.45) is 0 Å². The van der Waals surface area contributed by atoms with Gasteiger partial charge in [0.25, 0.3) is 0 Å². The summed E-state index contributed by atoms with van der Waals surface area (Å²) in [5, 5.41) is 0. The van der Waals surface area contributed by atoms with Crippen molar-refractivity contribution in [3.8, 4) is 0 Å². The lowest BCUT2D eigenvalue weighted by molar-refractivity contribution is 0.824. The van der Waals surface area contributed by atoms with E-state index in [9.17, 15) is 0 Å². The SMILES string of the molecule is C.O.[AlH3].[MgH2]. The maximum atomic E-state index is 0. The third kappa shape index (κ3) is 10.5. The quantitative estimate of drug-likeness (QED) is 0.300. The molecule has 3 heteroatoms. The maximum Gasteiger partial charge on any atom is 0.316 e. The van der Waals surface area contributed by atoms with Gasteiger partial charge in [-0.3, -0.25) is 0 Å². The Morgan fingerprint density at radius 2 is 1.00 bits per heavy atom. The Morgan fingerprint density at radius 3 is 1.00 bits per heavy atom. The van der Waals surface area contributed by atoms with Gasteiger partial charge in [0.2, 0.25) is 0 Å². The molecule has 0 saturated carbocycles. The van der Waals surface area contributed by atoms with E-state index in [0.29, 0.717) is 0 Å². The molecule has 1 nitrogen and oxygen atoms in total. The standard InChI is InChI=1S/CH4.Al.Mg.H2O.5H/h1H4;;;1H2;;;;;. The molecule has 0 aromatic rings. The second-order valence-corrected chi connectivity index (χ2v) is 0. The summed E-state index contributed by atoms with van der Waals surface area (Å²) in [6.07, 6.45) is 0. The van der Waals surface area contributed by atoms with Crippen molar-refractivity contribution < 1.29 is 5.48 Å². The Labute approximate surface area is 53.4 Å². The van der Waals surface area contributed by atoms with Crippen LogP contribution in [0.5, 0.6) is 0 Å². The van der Waals surface area contributed by atoms with Crippen LogP contribution in [0.2, 0.25) is 0 Å². The summed E-state index contributed by atoms with van der Waals surface area (Å²) in [5.41, 5.74) is 0. The third-order valence-corrected chi connectivity index (χ3v) is 0. The molecule has 0 rings (SSSR count). The molecule has 0 atom stereocenters. The summed E-state index contributed by atoms with van der Waals surface area (Å²) >= 11 is 0. The van der Waals surface area contributed by atoms with Gasteiger partial charge in [-0.25, -0.2) is 0 Å². The van der Waals surface area contributed by atoms with E-state index >= 15 is 0 Å². The summed E-state index contributed by atoms with van der Waals surface area (Å²) in [6, 6.07) is 0. The van der Waals surface area contributed by atoms with Crippen molar-refractivity contribution >= 4 is 40.4 Å². The molecule has 0 aromatic carbocycles. The van der Waals surface area contributed by atoms with Gasteiger partial charge in [-0.2, -0.15) is 0 Å². The van der Waals surface area contributed by atoms with Gasteiger partial charge in [-0.05, 0) is 0 Å². The third-order valence-electron chi connectivity index (χ3n) is 0. The Hall–Kier alpha value is 1.26. The zero-order chi connectivity index (χ0) is 0. The van der Waals surface area contributed by atoms with Gasteiger partial charge in [0.15, 0.2) is 17.4 Å². The smallest absolute Gasteiger partial charge is 0.316 e. The molecule has 0 bridgehead atoms. The fourth-order valence-corrected chi connectivity index (χ4v) is 0. The number of hydrogen-bond acceptors (Lipinski definition) is 0. The molecule has 0 saturated heterocycles. The summed E-state index contributed by atoms with van der Waals surface area (Å²) < 4.78 is 0. The van der Waals surface area contributed by atoms with Crippen molar-refractivity contribution in [1.82, 2.24) is 0 Å². The summed E-state index contributed by atoms with van der Waals surface area (Å²) in [7, 11) is 0. The summed E-state index contributed by atoms with van der Waals surface area (Å²) in [6.45, 7) is 0. The van der Waals surface area contributed by atoms with Crippen LogP contribution in [-0.4, -0.2) is 45.9 Å². The molecule has 0 radical (unpaired) electrons. The highest BCUT2D eigenvalue weighted by molar-refractivity contribution is 5.76. The highest BCUT2D eigenvalue weighted by Crippen LogP contribution is 0.144. The molecule has 0 amide bonds. The average molecular weight is 90.4 g/mol. The molecule has 0 heterocycles. The van der Waals surface area contributed by atoms with Crippen LogP contribution in [0.1, 0.15) is 7.43 Å². The Kier molecular flexibility index (Phi) is 430. The van der Waals surface area contributed by atoms with E-state index in [4.69, 9.17) is 0 Å². The van der Waals surface area contributed by atoms with E-state index in [1.807, 2.05) is 0 Å². The average Bonchev–Trinajstić information content (AvgIpc) is 0. The summed E-state index contributed by atoms with van der Waals surface area (Å²) in [5.74, 6) is 0. The molecule has 26 valence electrons. The predicted octanol–water partition coefficient (Wildman–Crippen LogP) is -2.29. The monoisotopic (exact) mass is 90.0 g/mol. The fourth-order valence-electron chi connectivity index (χ4n) is 0. The van der Waals surface area contributed by atoms with Crippen LogP contribution < -0.4 is 0 Å². The molecule has 0 unspecified atom stereocenters. The molecule has 0 aliphatic rings. The number of rotatable bonds is 0. The Morgan fingerprint density at radius 1 is 1.00 bits per heavy atom. The van der Waals surface area contributed by atoms with Gasteiger partial charge in [0.05, 0.1) is 0 Å². The Bertz CT molecular complexity index is 8.00.